The van der Waals surface area contributed by atoms with Crippen molar-refractivity contribution in [3.05, 3.63) is 96.3 Å². The van der Waals surface area contributed by atoms with Crippen molar-refractivity contribution in [2.24, 2.45) is 0 Å². The minimum atomic E-state index is -0.436. The number of hydrogen-bond acceptors (Lipinski definition) is 4. The van der Waals surface area contributed by atoms with Gasteiger partial charge in [-0.1, -0.05) is 48.5 Å². The summed E-state index contributed by atoms with van der Waals surface area (Å²) in [6, 6.07) is 25.7. The first-order valence-electron chi connectivity index (χ1n) is 9.37. The molecule has 0 saturated heterocycles. The number of carbonyl (C=O) groups is 2. The number of nitrogens with zero attached hydrogens (tertiary/aromatic N) is 3. The summed E-state index contributed by atoms with van der Waals surface area (Å²) in [5.41, 5.74) is 2.71. The Kier molecular flexibility index (Phi) is 5.34. The van der Waals surface area contributed by atoms with Gasteiger partial charge in [0.15, 0.2) is 5.82 Å². The fourth-order valence-electron chi connectivity index (χ4n) is 2.97. The maximum absolute atomic E-state index is 12.8. The molecule has 0 radical (unpaired) electrons. The molecule has 2 amide bonds. The van der Waals surface area contributed by atoms with Gasteiger partial charge in [-0.05, 0) is 36.4 Å². The van der Waals surface area contributed by atoms with Gasteiger partial charge in [0.2, 0.25) is 5.82 Å². The minimum Gasteiger partial charge on any atom is -0.355 e. The Morgan fingerprint density at radius 3 is 2.07 bits per heavy atom. The van der Waals surface area contributed by atoms with Crippen LogP contribution < -0.4 is 10.6 Å². The summed E-state index contributed by atoms with van der Waals surface area (Å²) in [6.07, 6.45) is 0. The number of hydrogen-bond donors (Lipinski definition) is 2. The lowest BCUT2D eigenvalue weighted by atomic mass is 10.2. The Morgan fingerprint density at radius 1 is 0.800 bits per heavy atom. The third-order valence-electron chi connectivity index (χ3n) is 4.48. The van der Waals surface area contributed by atoms with Crippen molar-refractivity contribution in [1.29, 1.82) is 0 Å². The predicted octanol–water partition coefficient (Wildman–Crippen LogP) is 3.55. The molecule has 4 aromatic rings. The van der Waals surface area contributed by atoms with Gasteiger partial charge in [-0.25, -0.2) is 9.67 Å². The van der Waals surface area contributed by atoms with E-state index in [2.05, 4.69) is 20.7 Å². The number of benzene rings is 3. The van der Waals surface area contributed by atoms with Crippen molar-refractivity contribution < 1.29 is 9.59 Å². The SMILES string of the molecule is CNC(=O)c1ccc(NC(=O)c2nc(-c3ccccc3)n(-c3ccccc3)n2)cc1. The van der Waals surface area contributed by atoms with E-state index in [1.54, 1.807) is 36.0 Å². The molecule has 148 valence electrons. The van der Waals surface area contributed by atoms with Crippen molar-refractivity contribution >= 4 is 17.5 Å². The molecule has 1 heterocycles. The predicted molar refractivity (Wildman–Crippen MR) is 115 cm³/mol. The molecule has 3 aromatic carbocycles. The van der Waals surface area contributed by atoms with Crippen LogP contribution in [0.25, 0.3) is 17.1 Å². The first-order valence-corrected chi connectivity index (χ1v) is 9.37. The van der Waals surface area contributed by atoms with Crippen LogP contribution in [0.1, 0.15) is 21.0 Å². The summed E-state index contributed by atoms with van der Waals surface area (Å²) in [5, 5.41) is 9.78. The molecule has 0 unspecified atom stereocenters. The molecule has 2 N–H and O–H groups in total. The Labute approximate surface area is 173 Å². The van der Waals surface area contributed by atoms with E-state index in [0.29, 0.717) is 17.1 Å². The third-order valence-corrected chi connectivity index (χ3v) is 4.48. The molecular weight excluding hydrogens is 378 g/mol. The van der Waals surface area contributed by atoms with Crippen LogP contribution in [0.2, 0.25) is 0 Å². The normalized spacial score (nSPS) is 10.4. The summed E-state index contributed by atoms with van der Waals surface area (Å²) in [7, 11) is 1.57. The highest BCUT2D eigenvalue weighted by molar-refractivity contribution is 6.02. The lowest BCUT2D eigenvalue weighted by Gasteiger charge is -2.05. The summed E-state index contributed by atoms with van der Waals surface area (Å²) in [6.45, 7) is 0. The molecule has 0 aliphatic carbocycles. The lowest BCUT2D eigenvalue weighted by Crippen LogP contribution is -2.18. The molecular formula is C23H19N5O2. The van der Waals surface area contributed by atoms with Crippen molar-refractivity contribution in [3.8, 4) is 17.1 Å². The largest absolute Gasteiger partial charge is 0.355 e. The molecule has 1 aromatic heterocycles. The van der Waals surface area contributed by atoms with E-state index < -0.39 is 5.91 Å². The van der Waals surface area contributed by atoms with E-state index in [4.69, 9.17) is 0 Å². The van der Waals surface area contributed by atoms with E-state index in [0.717, 1.165) is 11.3 Å². The molecule has 0 aliphatic heterocycles. The highest BCUT2D eigenvalue weighted by Crippen LogP contribution is 2.21. The second kappa shape index (κ2) is 8.40. The number of rotatable bonds is 5. The number of amides is 2. The summed E-state index contributed by atoms with van der Waals surface area (Å²) < 4.78 is 1.65. The van der Waals surface area contributed by atoms with E-state index in [1.807, 2.05) is 60.7 Å². The van der Waals surface area contributed by atoms with Gasteiger partial charge in [-0.15, -0.1) is 5.10 Å². The molecule has 0 fully saturated rings. The fourth-order valence-corrected chi connectivity index (χ4v) is 2.97. The Hall–Kier alpha value is -4.26. The van der Waals surface area contributed by atoms with Gasteiger partial charge in [0.25, 0.3) is 11.8 Å². The van der Waals surface area contributed by atoms with Gasteiger partial charge in [0, 0.05) is 23.9 Å². The number of aromatic nitrogens is 3. The van der Waals surface area contributed by atoms with Crippen LogP contribution in [0.4, 0.5) is 5.69 Å². The van der Waals surface area contributed by atoms with Crippen molar-refractivity contribution in [2.45, 2.75) is 0 Å². The standard InChI is InChI=1S/C23H19N5O2/c1-24-22(29)17-12-14-18(15-13-17)25-23(30)20-26-21(16-8-4-2-5-9-16)28(27-20)19-10-6-3-7-11-19/h2-15H,1H3,(H,24,29)(H,25,30). The van der Waals surface area contributed by atoms with Crippen LogP contribution in [0, 0.1) is 0 Å². The van der Waals surface area contributed by atoms with Crippen LogP contribution in [0.3, 0.4) is 0 Å². The topological polar surface area (TPSA) is 88.9 Å². The number of carbonyl (C=O) groups excluding carboxylic acids is 2. The van der Waals surface area contributed by atoms with E-state index >= 15 is 0 Å². The van der Waals surface area contributed by atoms with Crippen molar-refractivity contribution in [3.63, 3.8) is 0 Å². The number of para-hydroxylation sites is 1. The fraction of sp³-hybridized carbons (Fsp3) is 0.0435. The second-order valence-electron chi connectivity index (χ2n) is 6.48. The number of anilines is 1. The Balaban J connectivity index is 1.65. The molecule has 7 nitrogen and oxygen atoms in total. The zero-order chi connectivity index (χ0) is 20.9. The van der Waals surface area contributed by atoms with Gasteiger partial charge in [-0.3, -0.25) is 9.59 Å². The molecule has 0 saturated carbocycles. The maximum Gasteiger partial charge on any atom is 0.295 e. The van der Waals surface area contributed by atoms with Gasteiger partial charge in [0.1, 0.15) is 0 Å². The first-order chi connectivity index (χ1) is 14.7. The molecule has 0 atom stereocenters. The van der Waals surface area contributed by atoms with E-state index in [9.17, 15) is 9.59 Å². The van der Waals surface area contributed by atoms with Crippen LogP contribution in [0.5, 0.6) is 0 Å². The smallest absolute Gasteiger partial charge is 0.295 e. The Bertz CT molecular complexity index is 1110. The van der Waals surface area contributed by atoms with Crippen molar-refractivity contribution in [1.82, 2.24) is 20.1 Å². The van der Waals surface area contributed by atoms with Gasteiger partial charge >= 0.3 is 0 Å². The van der Waals surface area contributed by atoms with Crippen LogP contribution >= 0.6 is 0 Å². The molecule has 4 rings (SSSR count). The third kappa shape index (κ3) is 3.95. The molecule has 7 heteroatoms. The van der Waals surface area contributed by atoms with Crippen molar-refractivity contribution in [2.75, 3.05) is 12.4 Å². The average Bonchev–Trinajstić information content (AvgIpc) is 3.26. The number of nitrogens with one attached hydrogen (secondary N) is 2. The van der Waals surface area contributed by atoms with Crippen LogP contribution in [-0.2, 0) is 0 Å². The second-order valence-corrected chi connectivity index (χ2v) is 6.48. The minimum absolute atomic E-state index is 0.0492. The van der Waals surface area contributed by atoms with Crippen LogP contribution in [0.15, 0.2) is 84.9 Å². The summed E-state index contributed by atoms with van der Waals surface area (Å²) in [5.74, 6) is -0.00629. The van der Waals surface area contributed by atoms with Gasteiger partial charge in [-0.2, -0.15) is 0 Å². The monoisotopic (exact) mass is 397 g/mol. The van der Waals surface area contributed by atoms with Gasteiger partial charge < -0.3 is 10.6 Å². The average molecular weight is 397 g/mol. The molecule has 0 spiro atoms. The van der Waals surface area contributed by atoms with Gasteiger partial charge in [0.05, 0.1) is 5.69 Å². The molecule has 0 aliphatic rings. The zero-order valence-corrected chi connectivity index (χ0v) is 16.2. The quantitative estimate of drug-likeness (QED) is 0.539. The molecule has 30 heavy (non-hydrogen) atoms. The van der Waals surface area contributed by atoms with E-state index in [-0.39, 0.29) is 11.7 Å². The highest BCUT2D eigenvalue weighted by Gasteiger charge is 2.19. The summed E-state index contributed by atoms with van der Waals surface area (Å²) >= 11 is 0. The highest BCUT2D eigenvalue weighted by atomic mass is 16.2. The summed E-state index contributed by atoms with van der Waals surface area (Å²) in [4.78, 5) is 28.9. The Morgan fingerprint density at radius 2 is 1.43 bits per heavy atom. The lowest BCUT2D eigenvalue weighted by molar-refractivity contribution is 0.0962. The first kappa shape index (κ1) is 19.1. The molecule has 0 bridgehead atoms. The van der Waals surface area contributed by atoms with Crippen LogP contribution in [-0.4, -0.2) is 33.6 Å². The van der Waals surface area contributed by atoms with E-state index in [1.165, 1.54) is 0 Å². The zero-order valence-electron chi connectivity index (χ0n) is 16.2. The maximum atomic E-state index is 12.8.